The number of carbonyl (C=O) groups is 1. The predicted molar refractivity (Wildman–Crippen MR) is 34.1 cm³/mol. The van der Waals surface area contributed by atoms with Crippen molar-refractivity contribution in [1.82, 2.24) is 5.32 Å². The molecule has 0 atom stereocenters. The first-order chi connectivity index (χ1) is 4.98. The van der Waals surface area contributed by atoms with Crippen LogP contribution in [0, 0.1) is 0 Å². The van der Waals surface area contributed by atoms with Gasteiger partial charge in [0.25, 0.3) is 5.92 Å². The van der Waals surface area contributed by atoms with Crippen LogP contribution < -0.4 is 11.1 Å². The molecule has 0 saturated carbocycles. The summed E-state index contributed by atoms with van der Waals surface area (Å²) >= 11 is 0. The minimum atomic E-state index is -3.19. The summed E-state index contributed by atoms with van der Waals surface area (Å²) in [5, 5.41) is 10.1. The Kier molecular flexibility index (Phi) is 3.91. The van der Waals surface area contributed by atoms with Gasteiger partial charge in [-0.05, 0) is 0 Å². The summed E-state index contributed by atoms with van der Waals surface area (Å²) in [6.07, 6.45) is 0. The molecule has 0 aliphatic heterocycles. The summed E-state index contributed by atoms with van der Waals surface area (Å²) in [5.74, 6) is -3.89. The Hall–Kier alpha value is -0.750. The van der Waals surface area contributed by atoms with E-state index in [-0.39, 0.29) is 6.54 Å². The molecule has 6 heteroatoms. The minimum absolute atomic E-state index is 0.310. The lowest BCUT2D eigenvalue weighted by Crippen LogP contribution is -2.39. The van der Waals surface area contributed by atoms with Gasteiger partial charge in [-0.2, -0.15) is 0 Å². The van der Waals surface area contributed by atoms with E-state index in [1.807, 2.05) is 0 Å². The van der Waals surface area contributed by atoms with E-state index in [2.05, 4.69) is 11.1 Å². The van der Waals surface area contributed by atoms with E-state index in [4.69, 9.17) is 5.11 Å². The molecule has 11 heavy (non-hydrogen) atoms. The second-order valence-electron chi connectivity index (χ2n) is 2.08. The Morgan fingerprint density at radius 1 is 1.64 bits per heavy atom. The number of nitrogens with two attached hydrogens (primary N) is 1. The number of aliphatic hydroxyl groups is 1. The molecule has 0 fully saturated rings. The van der Waals surface area contributed by atoms with E-state index >= 15 is 0 Å². The van der Waals surface area contributed by atoms with Crippen molar-refractivity contribution >= 4 is 5.91 Å². The predicted octanol–water partition coefficient (Wildman–Crippen LogP) is -1.31. The van der Waals surface area contributed by atoms with Crippen LogP contribution in [0.2, 0.25) is 0 Å². The van der Waals surface area contributed by atoms with Gasteiger partial charge < -0.3 is 16.2 Å². The number of hydrogen-bond donors (Lipinski definition) is 3. The lowest BCUT2D eigenvalue weighted by Gasteiger charge is -2.12. The first kappa shape index (κ1) is 10.2. The summed E-state index contributed by atoms with van der Waals surface area (Å²) in [6.45, 7) is -2.29. The second kappa shape index (κ2) is 4.20. The molecule has 0 aromatic heterocycles. The molecule has 0 unspecified atom stereocenters. The average Bonchev–Trinajstić information content (AvgIpc) is 1.87. The fourth-order valence-electron chi connectivity index (χ4n) is 0.424. The molecule has 0 aromatic carbocycles. The zero-order chi connectivity index (χ0) is 8.91. The van der Waals surface area contributed by atoms with Gasteiger partial charge in [-0.3, -0.25) is 4.79 Å². The Bertz CT molecular complexity index is 140. The SMILES string of the molecule is NC(=O)CNCC(F)(F)CO. The Labute approximate surface area is 62.4 Å². The van der Waals surface area contributed by atoms with Crippen molar-refractivity contribution in [1.29, 1.82) is 0 Å². The number of carbonyl (C=O) groups excluding carboxylic acids is 1. The molecule has 1 amide bonds. The normalized spacial score (nSPS) is 11.5. The lowest BCUT2D eigenvalue weighted by molar-refractivity contribution is -0.117. The van der Waals surface area contributed by atoms with Gasteiger partial charge in [-0.15, -0.1) is 0 Å². The summed E-state index contributed by atoms with van der Waals surface area (Å²) in [7, 11) is 0. The maximum atomic E-state index is 12.1. The van der Waals surface area contributed by atoms with E-state index in [9.17, 15) is 13.6 Å². The first-order valence-corrected chi connectivity index (χ1v) is 2.95. The highest BCUT2D eigenvalue weighted by Gasteiger charge is 2.26. The van der Waals surface area contributed by atoms with E-state index in [0.29, 0.717) is 0 Å². The van der Waals surface area contributed by atoms with Crippen molar-refractivity contribution in [2.24, 2.45) is 5.73 Å². The largest absolute Gasteiger partial charge is 0.390 e. The average molecular weight is 168 g/mol. The summed E-state index contributed by atoms with van der Waals surface area (Å²) in [5.41, 5.74) is 4.65. The molecular formula is C5H10F2N2O2. The molecule has 0 rings (SSSR count). The topological polar surface area (TPSA) is 75.4 Å². The molecule has 66 valence electrons. The molecule has 0 radical (unpaired) electrons. The monoisotopic (exact) mass is 168 g/mol. The summed E-state index contributed by atoms with van der Waals surface area (Å²) in [6, 6.07) is 0. The number of nitrogens with one attached hydrogen (secondary N) is 1. The van der Waals surface area contributed by atoms with Crippen molar-refractivity contribution in [3.8, 4) is 0 Å². The Balaban J connectivity index is 3.45. The standard InChI is InChI=1S/C5H10F2N2O2/c6-5(7,3-10)2-9-1-4(8)11/h9-10H,1-3H2,(H2,8,11). The quantitative estimate of drug-likeness (QED) is 0.477. The van der Waals surface area contributed by atoms with Gasteiger partial charge in [0.2, 0.25) is 5.91 Å². The van der Waals surface area contributed by atoms with Crippen LogP contribution >= 0.6 is 0 Å². The van der Waals surface area contributed by atoms with Gasteiger partial charge in [0, 0.05) is 0 Å². The van der Waals surface area contributed by atoms with Gasteiger partial charge in [0.1, 0.15) is 6.61 Å². The zero-order valence-corrected chi connectivity index (χ0v) is 5.81. The highest BCUT2D eigenvalue weighted by Crippen LogP contribution is 2.08. The maximum Gasteiger partial charge on any atom is 0.282 e. The number of aliphatic hydroxyl groups excluding tert-OH is 1. The number of primary amides is 1. The van der Waals surface area contributed by atoms with Crippen molar-refractivity contribution in [3.05, 3.63) is 0 Å². The number of alkyl halides is 2. The molecule has 0 aliphatic rings. The van der Waals surface area contributed by atoms with Crippen LogP contribution in [0.4, 0.5) is 8.78 Å². The third kappa shape index (κ3) is 5.68. The number of amides is 1. The van der Waals surface area contributed by atoms with Crippen LogP contribution in [0.5, 0.6) is 0 Å². The van der Waals surface area contributed by atoms with Crippen molar-refractivity contribution < 1.29 is 18.7 Å². The van der Waals surface area contributed by atoms with Crippen LogP contribution in [0.1, 0.15) is 0 Å². The minimum Gasteiger partial charge on any atom is -0.390 e. The molecule has 4 nitrogen and oxygen atoms in total. The lowest BCUT2D eigenvalue weighted by atomic mass is 10.3. The van der Waals surface area contributed by atoms with Crippen LogP contribution in [-0.2, 0) is 4.79 Å². The number of hydrogen-bond acceptors (Lipinski definition) is 3. The Morgan fingerprint density at radius 2 is 2.18 bits per heavy atom. The van der Waals surface area contributed by atoms with Crippen LogP contribution in [-0.4, -0.2) is 36.6 Å². The highest BCUT2D eigenvalue weighted by atomic mass is 19.3. The highest BCUT2D eigenvalue weighted by molar-refractivity contribution is 5.75. The molecule has 0 heterocycles. The van der Waals surface area contributed by atoms with E-state index < -0.39 is 25.0 Å². The van der Waals surface area contributed by atoms with Crippen LogP contribution in [0.25, 0.3) is 0 Å². The van der Waals surface area contributed by atoms with Gasteiger partial charge in [0.15, 0.2) is 0 Å². The van der Waals surface area contributed by atoms with Gasteiger partial charge >= 0.3 is 0 Å². The molecule has 0 aliphatic carbocycles. The van der Waals surface area contributed by atoms with Crippen LogP contribution in [0.3, 0.4) is 0 Å². The van der Waals surface area contributed by atoms with E-state index in [1.165, 1.54) is 0 Å². The summed E-state index contributed by atoms with van der Waals surface area (Å²) in [4.78, 5) is 10.0. The van der Waals surface area contributed by atoms with E-state index in [1.54, 1.807) is 0 Å². The van der Waals surface area contributed by atoms with Gasteiger partial charge in [-0.25, -0.2) is 8.78 Å². The fraction of sp³-hybridized carbons (Fsp3) is 0.800. The number of rotatable bonds is 5. The van der Waals surface area contributed by atoms with E-state index in [0.717, 1.165) is 0 Å². The molecule has 4 N–H and O–H groups in total. The third-order valence-corrected chi connectivity index (χ3v) is 0.914. The summed E-state index contributed by atoms with van der Waals surface area (Å²) < 4.78 is 24.3. The van der Waals surface area contributed by atoms with Gasteiger partial charge in [0.05, 0.1) is 13.1 Å². The third-order valence-electron chi connectivity index (χ3n) is 0.914. The zero-order valence-electron chi connectivity index (χ0n) is 5.81. The molecule has 0 spiro atoms. The molecule has 0 bridgehead atoms. The first-order valence-electron chi connectivity index (χ1n) is 2.95. The maximum absolute atomic E-state index is 12.1. The van der Waals surface area contributed by atoms with Crippen LogP contribution in [0.15, 0.2) is 0 Å². The van der Waals surface area contributed by atoms with Crippen molar-refractivity contribution in [2.45, 2.75) is 5.92 Å². The molecule has 0 saturated heterocycles. The number of halogens is 2. The molecule has 0 aromatic rings. The molecular weight excluding hydrogens is 158 g/mol. The van der Waals surface area contributed by atoms with Crippen molar-refractivity contribution in [2.75, 3.05) is 19.7 Å². The second-order valence-corrected chi connectivity index (χ2v) is 2.08. The Morgan fingerprint density at radius 3 is 2.55 bits per heavy atom. The van der Waals surface area contributed by atoms with Crippen molar-refractivity contribution in [3.63, 3.8) is 0 Å². The fourth-order valence-corrected chi connectivity index (χ4v) is 0.424. The smallest absolute Gasteiger partial charge is 0.282 e. The van der Waals surface area contributed by atoms with Gasteiger partial charge in [-0.1, -0.05) is 0 Å².